The van der Waals surface area contributed by atoms with Crippen LogP contribution in [0.15, 0.2) is 50.4 Å². The summed E-state index contributed by atoms with van der Waals surface area (Å²) in [5, 5.41) is 3.92. The van der Waals surface area contributed by atoms with Gasteiger partial charge in [0.05, 0.1) is 17.3 Å². The molecule has 0 spiro atoms. The smallest absolute Gasteiger partial charge is 0.277 e. The number of carbonyl (C=O) groups is 1. The number of rotatable bonds is 7. The topological polar surface area (TPSA) is 59.9 Å². The Hall–Kier alpha value is -1.86. The molecule has 132 valence electrons. The van der Waals surface area contributed by atoms with Gasteiger partial charge in [-0.25, -0.2) is 5.43 Å². The number of ether oxygens (including phenoxy) is 2. The molecule has 1 amide bonds. The number of benzene rings is 2. The maximum atomic E-state index is 11.8. The van der Waals surface area contributed by atoms with Crippen LogP contribution in [0, 0.1) is 6.92 Å². The lowest BCUT2D eigenvalue weighted by Gasteiger charge is -2.10. The van der Waals surface area contributed by atoms with Crippen molar-refractivity contribution in [1.29, 1.82) is 0 Å². The van der Waals surface area contributed by atoms with Crippen LogP contribution in [-0.2, 0) is 4.79 Å². The predicted octanol–water partition coefficient (Wildman–Crippen LogP) is 4.45. The largest absolute Gasteiger partial charge is 0.494 e. The third kappa shape index (κ3) is 6.17. The fraction of sp³-hybridized carbons (Fsp3) is 0.222. The lowest BCUT2D eigenvalue weighted by atomic mass is 10.2. The highest BCUT2D eigenvalue weighted by Gasteiger charge is 2.09. The number of nitrogens with one attached hydrogen (secondary N) is 1. The average molecular weight is 470 g/mol. The van der Waals surface area contributed by atoms with Gasteiger partial charge in [0.2, 0.25) is 0 Å². The normalized spacial score (nSPS) is 10.7. The monoisotopic (exact) mass is 468 g/mol. The van der Waals surface area contributed by atoms with Gasteiger partial charge in [-0.3, -0.25) is 4.79 Å². The molecule has 0 bridgehead atoms. The molecule has 25 heavy (non-hydrogen) atoms. The van der Waals surface area contributed by atoms with Crippen molar-refractivity contribution < 1.29 is 14.3 Å². The van der Waals surface area contributed by atoms with Gasteiger partial charge in [0.25, 0.3) is 5.91 Å². The number of carbonyl (C=O) groups excluding carboxylic acids is 1. The van der Waals surface area contributed by atoms with Gasteiger partial charge in [0.15, 0.2) is 6.61 Å². The fourth-order valence-corrected chi connectivity index (χ4v) is 3.59. The van der Waals surface area contributed by atoms with Crippen molar-refractivity contribution in [2.45, 2.75) is 13.8 Å². The molecule has 0 unspecified atom stereocenters. The first-order chi connectivity index (χ1) is 12.0. The summed E-state index contributed by atoms with van der Waals surface area (Å²) in [6.07, 6.45) is 1.56. The van der Waals surface area contributed by atoms with E-state index < -0.39 is 0 Å². The molecule has 2 aromatic carbocycles. The Morgan fingerprint density at radius 2 is 1.92 bits per heavy atom. The van der Waals surface area contributed by atoms with Gasteiger partial charge in [-0.15, -0.1) is 0 Å². The molecule has 0 heterocycles. The zero-order valence-electron chi connectivity index (χ0n) is 13.9. The van der Waals surface area contributed by atoms with E-state index in [1.807, 2.05) is 50.2 Å². The van der Waals surface area contributed by atoms with Crippen LogP contribution in [0.2, 0.25) is 0 Å². The number of halogens is 2. The van der Waals surface area contributed by atoms with E-state index in [9.17, 15) is 4.79 Å². The molecule has 0 aliphatic rings. The van der Waals surface area contributed by atoms with Gasteiger partial charge in [0.1, 0.15) is 11.5 Å². The van der Waals surface area contributed by atoms with Gasteiger partial charge < -0.3 is 9.47 Å². The van der Waals surface area contributed by atoms with Crippen molar-refractivity contribution in [3.8, 4) is 11.5 Å². The minimum Gasteiger partial charge on any atom is -0.494 e. The second-order valence-corrected chi connectivity index (χ2v) is 6.89. The maximum Gasteiger partial charge on any atom is 0.277 e. The Morgan fingerprint density at radius 1 is 1.20 bits per heavy atom. The lowest BCUT2D eigenvalue weighted by molar-refractivity contribution is -0.123. The van der Waals surface area contributed by atoms with Crippen molar-refractivity contribution in [1.82, 2.24) is 5.43 Å². The zero-order valence-corrected chi connectivity index (χ0v) is 17.1. The second kappa shape index (κ2) is 9.58. The highest BCUT2D eigenvalue weighted by molar-refractivity contribution is 9.11. The molecule has 1 N–H and O–H groups in total. The lowest BCUT2D eigenvalue weighted by Crippen LogP contribution is -2.24. The van der Waals surface area contributed by atoms with E-state index in [1.165, 1.54) is 0 Å². The van der Waals surface area contributed by atoms with Crippen LogP contribution in [0.25, 0.3) is 0 Å². The molecule has 0 radical (unpaired) electrons. The molecular formula is C18H18Br2N2O3. The first kappa shape index (κ1) is 19.5. The van der Waals surface area contributed by atoms with Crippen molar-refractivity contribution in [2.24, 2.45) is 5.10 Å². The minimum absolute atomic E-state index is 0.123. The summed E-state index contributed by atoms with van der Waals surface area (Å²) >= 11 is 6.83. The van der Waals surface area contributed by atoms with Crippen LogP contribution < -0.4 is 14.9 Å². The standard InChI is InChI=1S/C18H18Br2N2O3/c1-3-24-15-6-4-13(5-7-15)10-21-22-17(23)11-25-18-12(2)8-14(19)9-16(18)20/h4-10H,3,11H2,1-2H3,(H,22,23). The van der Waals surface area contributed by atoms with Crippen LogP contribution in [0.3, 0.4) is 0 Å². The summed E-state index contributed by atoms with van der Waals surface area (Å²) in [4.78, 5) is 11.8. The molecule has 7 heteroatoms. The highest BCUT2D eigenvalue weighted by Crippen LogP contribution is 2.32. The van der Waals surface area contributed by atoms with Crippen LogP contribution in [-0.4, -0.2) is 25.3 Å². The van der Waals surface area contributed by atoms with Gasteiger partial charge in [0, 0.05) is 4.47 Å². The maximum absolute atomic E-state index is 11.8. The predicted molar refractivity (Wildman–Crippen MR) is 105 cm³/mol. The Balaban J connectivity index is 1.84. The van der Waals surface area contributed by atoms with E-state index in [-0.39, 0.29) is 12.5 Å². The van der Waals surface area contributed by atoms with Gasteiger partial charge in [-0.1, -0.05) is 15.9 Å². The molecular weight excluding hydrogens is 452 g/mol. The molecule has 0 aliphatic carbocycles. The van der Waals surface area contributed by atoms with Crippen molar-refractivity contribution >= 4 is 44.0 Å². The SMILES string of the molecule is CCOc1ccc(C=NNC(=O)COc2c(C)cc(Br)cc2Br)cc1. The summed E-state index contributed by atoms with van der Waals surface area (Å²) in [6, 6.07) is 11.2. The van der Waals surface area contributed by atoms with Crippen LogP contribution in [0.1, 0.15) is 18.1 Å². The van der Waals surface area contributed by atoms with Crippen molar-refractivity contribution in [2.75, 3.05) is 13.2 Å². The van der Waals surface area contributed by atoms with Crippen LogP contribution in [0.5, 0.6) is 11.5 Å². The molecule has 0 saturated heterocycles. The minimum atomic E-state index is -0.337. The molecule has 0 atom stereocenters. The van der Waals surface area contributed by atoms with E-state index in [0.717, 1.165) is 25.8 Å². The van der Waals surface area contributed by atoms with Crippen molar-refractivity contribution in [3.63, 3.8) is 0 Å². The van der Waals surface area contributed by atoms with E-state index in [0.29, 0.717) is 12.4 Å². The van der Waals surface area contributed by atoms with E-state index in [4.69, 9.17) is 9.47 Å². The number of hydrogen-bond donors (Lipinski definition) is 1. The second-order valence-electron chi connectivity index (χ2n) is 5.12. The summed E-state index contributed by atoms with van der Waals surface area (Å²) in [6.45, 7) is 4.34. The van der Waals surface area contributed by atoms with E-state index in [2.05, 4.69) is 42.4 Å². The number of hydrogen-bond acceptors (Lipinski definition) is 4. The third-order valence-corrected chi connectivity index (χ3v) is 4.18. The fourth-order valence-electron chi connectivity index (χ4n) is 2.04. The molecule has 0 aliphatic heterocycles. The number of hydrazone groups is 1. The summed E-state index contributed by atoms with van der Waals surface area (Å²) in [5.41, 5.74) is 4.22. The average Bonchev–Trinajstić information content (AvgIpc) is 2.56. The van der Waals surface area contributed by atoms with E-state index in [1.54, 1.807) is 6.21 Å². The molecule has 2 aromatic rings. The number of aryl methyl sites for hydroxylation is 1. The Kier molecular flexibility index (Phi) is 7.46. The highest BCUT2D eigenvalue weighted by atomic mass is 79.9. The Labute approximate surface area is 163 Å². The van der Waals surface area contributed by atoms with Crippen LogP contribution in [0.4, 0.5) is 0 Å². The Morgan fingerprint density at radius 3 is 2.56 bits per heavy atom. The number of amides is 1. The quantitative estimate of drug-likeness (QED) is 0.481. The summed E-state index contributed by atoms with van der Waals surface area (Å²) in [5.74, 6) is 1.10. The first-order valence-electron chi connectivity index (χ1n) is 7.62. The summed E-state index contributed by atoms with van der Waals surface area (Å²) < 4.78 is 12.6. The van der Waals surface area contributed by atoms with Gasteiger partial charge in [-0.05, 0) is 77.3 Å². The first-order valence-corrected chi connectivity index (χ1v) is 9.21. The molecule has 2 rings (SSSR count). The third-order valence-electron chi connectivity index (χ3n) is 3.14. The molecule has 0 saturated carbocycles. The number of nitrogens with zero attached hydrogens (tertiary/aromatic N) is 1. The Bertz CT molecular complexity index is 738. The van der Waals surface area contributed by atoms with Gasteiger partial charge >= 0.3 is 0 Å². The molecule has 0 fully saturated rings. The van der Waals surface area contributed by atoms with E-state index >= 15 is 0 Å². The zero-order chi connectivity index (χ0) is 18.2. The summed E-state index contributed by atoms with van der Waals surface area (Å²) in [7, 11) is 0. The van der Waals surface area contributed by atoms with Crippen molar-refractivity contribution in [3.05, 3.63) is 56.5 Å². The van der Waals surface area contributed by atoms with Crippen LogP contribution >= 0.6 is 31.9 Å². The molecule has 0 aromatic heterocycles. The van der Waals surface area contributed by atoms with Gasteiger partial charge in [-0.2, -0.15) is 5.10 Å². The molecule has 5 nitrogen and oxygen atoms in total.